The summed E-state index contributed by atoms with van der Waals surface area (Å²) in [7, 11) is 1.84. The van der Waals surface area contributed by atoms with Gasteiger partial charge in [0.2, 0.25) is 5.91 Å². The summed E-state index contributed by atoms with van der Waals surface area (Å²) in [6, 6.07) is 17.7. The molecule has 0 radical (unpaired) electrons. The van der Waals surface area contributed by atoms with Gasteiger partial charge in [-0.05, 0) is 42.8 Å². The van der Waals surface area contributed by atoms with Crippen molar-refractivity contribution in [1.82, 2.24) is 10.2 Å². The van der Waals surface area contributed by atoms with Crippen molar-refractivity contribution >= 4 is 5.91 Å². The average molecular weight is 354 g/mol. The first kappa shape index (κ1) is 18.3. The number of benzene rings is 2. The summed E-state index contributed by atoms with van der Waals surface area (Å²) in [6.07, 6.45) is 0.925. The molecule has 1 aliphatic rings. The first-order valence-corrected chi connectivity index (χ1v) is 9.07. The Bertz CT molecular complexity index is 682. The van der Waals surface area contributed by atoms with Gasteiger partial charge < -0.3 is 19.7 Å². The molecule has 1 aliphatic heterocycles. The topological polar surface area (TPSA) is 50.8 Å². The van der Waals surface area contributed by atoms with E-state index in [2.05, 4.69) is 5.32 Å². The SMILES string of the molecule is CN(CCOc1ccc(OCc2ccccc2)cc1)C(=O)C1CCNC1. The van der Waals surface area contributed by atoms with E-state index < -0.39 is 0 Å². The van der Waals surface area contributed by atoms with Crippen LogP contribution in [0.2, 0.25) is 0 Å². The van der Waals surface area contributed by atoms with Crippen molar-refractivity contribution in [1.29, 1.82) is 0 Å². The molecule has 5 heteroatoms. The van der Waals surface area contributed by atoms with Crippen LogP contribution in [-0.4, -0.2) is 44.1 Å². The van der Waals surface area contributed by atoms with E-state index >= 15 is 0 Å². The van der Waals surface area contributed by atoms with Crippen LogP contribution in [0, 0.1) is 5.92 Å². The summed E-state index contributed by atoms with van der Waals surface area (Å²) < 4.78 is 11.5. The smallest absolute Gasteiger partial charge is 0.226 e. The Morgan fingerprint density at radius 1 is 1.08 bits per heavy atom. The largest absolute Gasteiger partial charge is 0.492 e. The molecule has 1 atom stereocenters. The number of rotatable bonds is 8. The van der Waals surface area contributed by atoms with Crippen LogP contribution in [0.5, 0.6) is 11.5 Å². The van der Waals surface area contributed by atoms with E-state index in [9.17, 15) is 4.79 Å². The number of amides is 1. The molecule has 0 aromatic heterocycles. The van der Waals surface area contributed by atoms with Crippen LogP contribution in [-0.2, 0) is 11.4 Å². The lowest BCUT2D eigenvalue weighted by Crippen LogP contribution is -2.36. The first-order valence-electron chi connectivity index (χ1n) is 9.07. The van der Waals surface area contributed by atoms with E-state index in [1.165, 1.54) is 0 Å². The maximum atomic E-state index is 12.2. The molecule has 0 bridgehead atoms. The molecule has 0 saturated carbocycles. The maximum Gasteiger partial charge on any atom is 0.226 e. The molecule has 5 nitrogen and oxygen atoms in total. The van der Waals surface area contributed by atoms with Crippen LogP contribution in [0.1, 0.15) is 12.0 Å². The van der Waals surface area contributed by atoms with E-state index in [0.717, 1.165) is 36.6 Å². The average Bonchev–Trinajstić information content (AvgIpc) is 3.22. The van der Waals surface area contributed by atoms with E-state index in [1.54, 1.807) is 4.90 Å². The number of likely N-dealkylation sites (N-methyl/N-ethyl adjacent to an activating group) is 1. The minimum Gasteiger partial charge on any atom is -0.492 e. The third-order valence-electron chi connectivity index (χ3n) is 4.55. The van der Waals surface area contributed by atoms with E-state index in [0.29, 0.717) is 19.8 Å². The Kier molecular flexibility index (Phi) is 6.50. The lowest BCUT2D eigenvalue weighted by Gasteiger charge is -2.20. The summed E-state index contributed by atoms with van der Waals surface area (Å²) >= 11 is 0. The summed E-state index contributed by atoms with van der Waals surface area (Å²) in [5.41, 5.74) is 1.14. The molecule has 1 unspecified atom stereocenters. The molecule has 1 heterocycles. The molecule has 1 fully saturated rings. The van der Waals surface area contributed by atoms with Gasteiger partial charge in [-0.25, -0.2) is 0 Å². The molecule has 0 spiro atoms. The van der Waals surface area contributed by atoms with Gasteiger partial charge in [-0.15, -0.1) is 0 Å². The van der Waals surface area contributed by atoms with E-state index in [4.69, 9.17) is 9.47 Å². The predicted molar refractivity (Wildman–Crippen MR) is 101 cm³/mol. The second kappa shape index (κ2) is 9.25. The highest BCUT2D eigenvalue weighted by molar-refractivity contribution is 5.79. The normalized spacial score (nSPS) is 16.3. The van der Waals surface area contributed by atoms with Crippen molar-refractivity contribution in [3.05, 3.63) is 60.2 Å². The number of ether oxygens (including phenoxy) is 2. The monoisotopic (exact) mass is 354 g/mol. The van der Waals surface area contributed by atoms with Crippen LogP contribution in [0.4, 0.5) is 0 Å². The molecular weight excluding hydrogens is 328 g/mol. The fourth-order valence-electron chi connectivity index (χ4n) is 2.96. The van der Waals surface area contributed by atoms with Gasteiger partial charge in [0, 0.05) is 13.6 Å². The van der Waals surface area contributed by atoms with Gasteiger partial charge in [0.1, 0.15) is 24.7 Å². The summed E-state index contributed by atoms with van der Waals surface area (Å²) in [5, 5.41) is 3.23. The number of carbonyl (C=O) groups excluding carboxylic acids is 1. The summed E-state index contributed by atoms with van der Waals surface area (Å²) in [4.78, 5) is 14.0. The molecule has 3 rings (SSSR count). The number of nitrogens with zero attached hydrogens (tertiary/aromatic N) is 1. The quantitative estimate of drug-likeness (QED) is 0.792. The van der Waals surface area contributed by atoms with Crippen molar-refractivity contribution in [2.24, 2.45) is 5.92 Å². The van der Waals surface area contributed by atoms with Crippen LogP contribution in [0.15, 0.2) is 54.6 Å². The van der Waals surface area contributed by atoms with Gasteiger partial charge in [0.05, 0.1) is 12.5 Å². The second-order valence-corrected chi connectivity index (χ2v) is 6.54. The van der Waals surface area contributed by atoms with Gasteiger partial charge in [-0.2, -0.15) is 0 Å². The first-order chi connectivity index (χ1) is 12.7. The highest BCUT2D eigenvalue weighted by Gasteiger charge is 2.24. The lowest BCUT2D eigenvalue weighted by molar-refractivity contribution is -0.133. The van der Waals surface area contributed by atoms with Gasteiger partial charge in [-0.3, -0.25) is 4.79 Å². The molecule has 26 heavy (non-hydrogen) atoms. The molecule has 1 N–H and O–H groups in total. The number of hydrogen-bond donors (Lipinski definition) is 1. The van der Waals surface area contributed by atoms with Crippen molar-refractivity contribution in [2.75, 3.05) is 33.3 Å². The molecule has 1 amide bonds. The number of nitrogens with one attached hydrogen (secondary N) is 1. The van der Waals surface area contributed by atoms with Crippen LogP contribution >= 0.6 is 0 Å². The van der Waals surface area contributed by atoms with Gasteiger partial charge in [0.25, 0.3) is 0 Å². The fraction of sp³-hybridized carbons (Fsp3) is 0.381. The molecule has 2 aromatic rings. The Hall–Kier alpha value is -2.53. The van der Waals surface area contributed by atoms with Gasteiger partial charge in [0.15, 0.2) is 0 Å². The zero-order chi connectivity index (χ0) is 18.2. The third kappa shape index (κ3) is 5.23. The summed E-state index contributed by atoms with van der Waals surface area (Å²) in [5.74, 6) is 1.90. The van der Waals surface area contributed by atoms with Crippen LogP contribution in [0.25, 0.3) is 0 Å². The highest BCUT2D eigenvalue weighted by Crippen LogP contribution is 2.19. The molecule has 138 valence electrons. The van der Waals surface area contributed by atoms with Crippen LogP contribution in [0.3, 0.4) is 0 Å². The Morgan fingerprint density at radius 3 is 2.42 bits per heavy atom. The Morgan fingerprint density at radius 2 is 1.77 bits per heavy atom. The minimum atomic E-state index is 0.112. The third-order valence-corrected chi connectivity index (χ3v) is 4.55. The molecule has 2 aromatic carbocycles. The number of hydrogen-bond acceptors (Lipinski definition) is 4. The van der Waals surface area contributed by atoms with Crippen molar-refractivity contribution in [2.45, 2.75) is 13.0 Å². The van der Waals surface area contributed by atoms with Crippen molar-refractivity contribution in [3.63, 3.8) is 0 Å². The lowest BCUT2D eigenvalue weighted by atomic mass is 10.1. The zero-order valence-corrected chi connectivity index (χ0v) is 15.2. The fourth-order valence-corrected chi connectivity index (χ4v) is 2.96. The van der Waals surface area contributed by atoms with Crippen molar-refractivity contribution in [3.8, 4) is 11.5 Å². The molecule has 0 aliphatic carbocycles. The minimum absolute atomic E-state index is 0.112. The van der Waals surface area contributed by atoms with Gasteiger partial charge >= 0.3 is 0 Å². The van der Waals surface area contributed by atoms with Crippen LogP contribution < -0.4 is 14.8 Å². The summed E-state index contributed by atoms with van der Waals surface area (Å²) in [6.45, 7) is 3.33. The van der Waals surface area contributed by atoms with E-state index in [1.807, 2.05) is 61.6 Å². The second-order valence-electron chi connectivity index (χ2n) is 6.54. The Balaban J connectivity index is 1.39. The van der Waals surface area contributed by atoms with Gasteiger partial charge in [-0.1, -0.05) is 30.3 Å². The number of carbonyl (C=O) groups is 1. The van der Waals surface area contributed by atoms with Crippen molar-refractivity contribution < 1.29 is 14.3 Å². The highest BCUT2D eigenvalue weighted by atomic mass is 16.5. The molecule has 1 saturated heterocycles. The standard InChI is InChI=1S/C21H26N2O3/c1-23(21(24)18-11-12-22-15-18)13-14-25-19-7-9-20(10-8-19)26-16-17-5-3-2-4-6-17/h2-10,18,22H,11-16H2,1H3. The Labute approximate surface area is 154 Å². The predicted octanol–water partition coefficient (Wildman–Crippen LogP) is 2.71. The molecular formula is C21H26N2O3. The van der Waals surface area contributed by atoms with E-state index in [-0.39, 0.29) is 11.8 Å². The zero-order valence-electron chi connectivity index (χ0n) is 15.2. The maximum absolute atomic E-state index is 12.2.